The number of benzene rings is 3. The Bertz CT molecular complexity index is 2100. The van der Waals surface area contributed by atoms with Crippen molar-refractivity contribution in [2.75, 3.05) is 18.8 Å². The van der Waals surface area contributed by atoms with Crippen molar-refractivity contribution in [3.05, 3.63) is 95.6 Å². The van der Waals surface area contributed by atoms with Gasteiger partial charge in [-0.05, 0) is 79.4 Å². The number of nitrogens with zero attached hydrogens (tertiary/aromatic N) is 6. The van der Waals surface area contributed by atoms with E-state index in [1.54, 1.807) is 0 Å². The molecule has 3 aromatic carbocycles. The van der Waals surface area contributed by atoms with Crippen molar-refractivity contribution < 1.29 is 23.5 Å². The molecule has 5 aromatic rings. The maximum Gasteiger partial charge on any atom is 0.258 e. The molecule has 13 heteroatoms. The van der Waals surface area contributed by atoms with E-state index in [-0.39, 0.29) is 36.9 Å². The first-order chi connectivity index (χ1) is 23.8. The summed E-state index contributed by atoms with van der Waals surface area (Å²) < 4.78 is 23.3. The summed E-state index contributed by atoms with van der Waals surface area (Å²) in [7, 11) is 0. The number of rotatable bonds is 7. The van der Waals surface area contributed by atoms with Crippen LogP contribution < -0.4 is 15.8 Å². The summed E-state index contributed by atoms with van der Waals surface area (Å²) in [4.78, 5) is 49.7. The highest BCUT2D eigenvalue weighted by molar-refractivity contribution is 6.05. The Morgan fingerprint density at radius 2 is 1.78 bits per heavy atom. The number of amides is 3. The van der Waals surface area contributed by atoms with Gasteiger partial charge in [-0.25, -0.2) is 19.0 Å². The Morgan fingerprint density at radius 1 is 0.980 bits per heavy atom. The second-order valence-electron chi connectivity index (χ2n) is 12.7. The first kappa shape index (κ1) is 30.6. The average Bonchev–Trinajstić information content (AvgIpc) is 3.65. The number of carbonyl (C=O) groups excluding carboxylic acids is 3. The highest BCUT2D eigenvalue weighted by Gasteiger charge is 2.40. The minimum atomic E-state index is -0.796. The van der Waals surface area contributed by atoms with Crippen LogP contribution in [0.2, 0.25) is 0 Å². The van der Waals surface area contributed by atoms with Gasteiger partial charge in [0.05, 0.1) is 17.0 Å². The van der Waals surface area contributed by atoms with Crippen molar-refractivity contribution in [3.8, 4) is 22.8 Å². The Balaban J connectivity index is 1.02. The molecule has 5 heterocycles. The summed E-state index contributed by atoms with van der Waals surface area (Å²) in [6, 6.07) is 19.7. The number of para-hydroxylation sites is 1. The number of anilines is 1. The van der Waals surface area contributed by atoms with E-state index in [0.717, 1.165) is 36.3 Å². The molecule has 2 saturated heterocycles. The van der Waals surface area contributed by atoms with Crippen LogP contribution in [0.4, 0.5) is 10.2 Å². The highest BCUT2D eigenvalue weighted by atomic mass is 19.1. The van der Waals surface area contributed by atoms with Crippen molar-refractivity contribution >= 4 is 34.6 Å². The molecule has 2 fully saturated rings. The molecule has 3 aliphatic heterocycles. The molecule has 49 heavy (non-hydrogen) atoms. The predicted octanol–water partition coefficient (Wildman–Crippen LogP) is 4.61. The van der Waals surface area contributed by atoms with Crippen molar-refractivity contribution in [1.82, 2.24) is 34.9 Å². The fourth-order valence-corrected chi connectivity index (χ4v) is 7.20. The molecule has 0 saturated carbocycles. The van der Waals surface area contributed by atoms with E-state index in [1.807, 2.05) is 65.3 Å². The van der Waals surface area contributed by atoms with E-state index >= 15 is 4.39 Å². The van der Waals surface area contributed by atoms with E-state index in [4.69, 9.17) is 15.6 Å². The van der Waals surface area contributed by atoms with Gasteiger partial charge in [0.2, 0.25) is 11.8 Å². The minimum absolute atomic E-state index is 0.00237. The fraction of sp³-hybridized carbons (Fsp3) is 0.278. The number of nitrogens with one attached hydrogen (secondary N) is 1. The maximum atomic E-state index is 15.4. The molecule has 0 bridgehead atoms. The summed E-state index contributed by atoms with van der Waals surface area (Å²) in [6.45, 7) is 2.04. The predicted molar refractivity (Wildman–Crippen MR) is 178 cm³/mol. The number of halogens is 1. The van der Waals surface area contributed by atoms with Gasteiger partial charge in [0.1, 0.15) is 41.2 Å². The van der Waals surface area contributed by atoms with E-state index in [0.29, 0.717) is 46.9 Å². The molecule has 8 rings (SSSR count). The van der Waals surface area contributed by atoms with Crippen molar-refractivity contribution in [1.29, 1.82) is 0 Å². The number of fused-ring (bicyclic) bond motifs is 2. The average molecular weight is 661 g/mol. The molecular formula is C36H33FN8O4. The largest absolute Gasteiger partial charge is 0.457 e. The van der Waals surface area contributed by atoms with Gasteiger partial charge in [-0.3, -0.25) is 24.6 Å². The number of piperidine rings is 2. The number of ether oxygens (including phenoxy) is 1. The zero-order valence-corrected chi connectivity index (χ0v) is 26.5. The van der Waals surface area contributed by atoms with Gasteiger partial charge in [0.15, 0.2) is 5.65 Å². The van der Waals surface area contributed by atoms with Gasteiger partial charge in [-0.2, -0.15) is 5.10 Å². The lowest BCUT2D eigenvalue weighted by molar-refractivity contribution is -0.136. The molecule has 2 atom stereocenters. The summed E-state index contributed by atoms with van der Waals surface area (Å²) in [5, 5.41) is 8.01. The molecule has 0 radical (unpaired) electrons. The summed E-state index contributed by atoms with van der Waals surface area (Å²) in [5.41, 5.74) is 9.87. The molecule has 0 spiro atoms. The molecule has 2 unspecified atom stereocenters. The number of aromatic nitrogens is 4. The number of nitrogen functional groups attached to an aromatic ring is 1. The number of likely N-dealkylation sites (tertiary alicyclic amines) is 1. The summed E-state index contributed by atoms with van der Waals surface area (Å²) >= 11 is 0. The van der Waals surface area contributed by atoms with E-state index < -0.39 is 23.7 Å². The first-order valence-corrected chi connectivity index (χ1v) is 16.3. The van der Waals surface area contributed by atoms with Crippen molar-refractivity contribution in [3.63, 3.8) is 0 Å². The molecule has 3 amide bonds. The molecule has 12 nitrogen and oxygen atoms in total. The third-order valence-electron chi connectivity index (χ3n) is 9.49. The fourth-order valence-electron chi connectivity index (χ4n) is 7.20. The quantitative estimate of drug-likeness (QED) is 0.239. The molecular weight excluding hydrogens is 627 g/mol. The third-order valence-corrected chi connectivity index (χ3v) is 9.49. The SMILES string of the molecule is Nc1ncnc2c1c(-c1ccc(Oc3ccccc3)cc1)nn2C1CCCN(Cc2cc(F)c3c(c2)CN(C2CCC(=O)NC2=O)C3=O)C1. The van der Waals surface area contributed by atoms with Crippen molar-refractivity contribution in [2.45, 2.75) is 50.9 Å². The van der Waals surface area contributed by atoms with E-state index in [2.05, 4.69) is 20.2 Å². The lowest BCUT2D eigenvalue weighted by Crippen LogP contribution is -2.52. The summed E-state index contributed by atoms with van der Waals surface area (Å²) in [5.74, 6) is -0.219. The van der Waals surface area contributed by atoms with Crippen LogP contribution in [0.1, 0.15) is 53.2 Å². The number of nitrogens with two attached hydrogens (primary N) is 1. The standard InChI is InChI=1S/C36H33FN8O4/c37-27-16-21(15-23-18-44(36(48)30(23)27)28-12-13-29(46)41-35(28)47)17-43-14-4-5-24(19-43)45-34-31(33(38)39-20-40-34)32(42-45)22-8-10-26(11-9-22)49-25-6-2-1-3-7-25/h1-3,6-11,15-16,20,24,28H,4-5,12-14,17-19H2,(H2,38,39,40)(H,41,46,47). The Hall–Kier alpha value is -5.69. The van der Waals surface area contributed by atoms with E-state index in [1.165, 1.54) is 17.3 Å². The molecule has 3 N–H and O–H groups in total. The Kier molecular flexibility index (Phi) is 7.75. The van der Waals surface area contributed by atoms with Gasteiger partial charge in [0, 0.05) is 31.6 Å². The lowest BCUT2D eigenvalue weighted by atomic mass is 10.0. The Labute approximate surface area is 280 Å². The minimum Gasteiger partial charge on any atom is -0.457 e. The van der Waals surface area contributed by atoms with Gasteiger partial charge < -0.3 is 15.4 Å². The number of hydrogen-bond acceptors (Lipinski definition) is 9. The topological polar surface area (TPSA) is 149 Å². The van der Waals surface area contributed by atoms with Crippen LogP contribution >= 0.6 is 0 Å². The van der Waals surface area contributed by atoms with Gasteiger partial charge in [0.25, 0.3) is 5.91 Å². The number of hydrogen-bond donors (Lipinski definition) is 2. The second kappa shape index (κ2) is 12.4. The van der Waals surface area contributed by atoms with Crippen LogP contribution in [0.5, 0.6) is 11.5 Å². The van der Waals surface area contributed by atoms with Crippen LogP contribution in [0.25, 0.3) is 22.3 Å². The second-order valence-corrected chi connectivity index (χ2v) is 12.7. The third kappa shape index (κ3) is 5.75. The Morgan fingerprint density at radius 3 is 2.57 bits per heavy atom. The highest BCUT2D eigenvalue weighted by Crippen LogP contribution is 2.36. The normalized spacial score (nSPS) is 19.7. The first-order valence-electron chi connectivity index (χ1n) is 16.3. The molecule has 0 aliphatic carbocycles. The zero-order chi connectivity index (χ0) is 33.6. The number of carbonyl (C=O) groups is 3. The van der Waals surface area contributed by atoms with Crippen LogP contribution in [0.15, 0.2) is 73.1 Å². The molecule has 2 aromatic heterocycles. The van der Waals surface area contributed by atoms with Crippen LogP contribution in [0.3, 0.4) is 0 Å². The zero-order valence-electron chi connectivity index (χ0n) is 26.5. The number of imide groups is 1. The van der Waals surface area contributed by atoms with Gasteiger partial charge in [-0.15, -0.1) is 0 Å². The van der Waals surface area contributed by atoms with Crippen LogP contribution in [-0.2, 0) is 22.7 Å². The smallest absolute Gasteiger partial charge is 0.258 e. The van der Waals surface area contributed by atoms with Gasteiger partial charge >= 0.3 is 0 Å². The van der Waals surface area contributed by atoms with Gasteiger partial charge in [-0.1, -0.05) is 24.3 Å². The lowest BCUT2D eigenvalue weighted by Gasteiger charge is -2.33. The monoisotopic (exact) mass is 660 g/mol. The summed E-state index contributed by atoms with van der Waals surface area (Å²) in [6.07, 6.45) is 3.57. The molecule has 248 valence electrons. The maximum absolute atomic E-state index is 15.4. The van der Waals surface area contributed by atoms with Crippen LogP contribution in [-0.4, -0.2) is 66.4 Å². The molecule has 3 aliphatic rings. The van der Waals surface area contributed by atoms with Crippen LogP contribution in [0, 0.1) is 5.82 Å². The van der Waals surface area contributed by atoms with E-state index in [9.17, 15) is 14.4 Å². The van der Waals surface area contributed by atoms with Crippen molar-refractivity contribution in [2.24, 2.45) is 0 Å².